The predicted molar refractivity (Wildman–Crippen MR) is 156 cm³/mol. The fourth-order valence-electron chi connectivity index (χ4n) is 5.82. The minimum atomic E-state index is 0.953. The first-order valence-electron chi connectivity index (χ1n) is 12.8. The molecule has 178 valence electrons. The van der Waals surface area contributed by atoms with Gasteiger partial charge in [-0.2, -0.15) is 0 Å². The van der Waals surface area contributed by atoms with Crippen molar-refractivity contribution < 1.29 is 0 Å². The lowest BCUT2D eigenvalue weighted by Gasteiger charge is -2.15. The molecular formula is C34H22N4. The molecule has 0 atom stereocenters. The maximum atomic E-state index is 5.07. The van der Waals surface area contributed by atoms with Gasteiger partial charge in [-0.25, -0.2) is 0 Å². The molecule has 0 unspecified atom stereocenters. The number of para-hydroxylation sites is 3. The molecule has 0 spiro atoms. The van der Waals surface area contributed by atoms with Crippen LogP contribution in [-0.2, 0) is 0 Å². The Labute approximate surface area is 219 Å². The van der Waals surface area contributed by atoms with Gasteiger partial charge in [-0.3, -0.25) is 9.97 Å². The number of pyridine rings is 2. The zero-order valence-electron chi connectivity index (χ0n) is 20.5. The quantitative estimate of drug-likeness (QED) is 0.252. The highest BCUT2D eigenvalue weighted by Gasteiger charge is 2.23. The Kier molecular flexibility index (Phi) is 4.49. The molecule has 0 aliphatic carbocycles. The van der Waals surface area contributed by atoms with Crippen LogP contribution in [0.4, 0.5) is 0 Å². The fourth-order valence-corrected chi connectivity index (χ4v) is 5.82. The summed E-state index contributed by atoms with van der Waals surface area (Å²) in [6.07, 6.45) is 3.86. The number of benzene rings is 4. The monoisotopic (exact) mass is 486 g/mol. The van der Waals surface area contributed by atoms with Crippen LogP contribution >= 0.6 is 0 Å². The van der Waals surface area contributed by atoms with Gasteiger partial charge in [0, 0.05) is 34.4 Å². The van der Waals surface area contributed by atoms with E-state index in [1.165, 1.54) is 11.1 Å². The van der Waals surface area contributed by atoms with Crippen LogP contribution < -0.4 is 0 Å². The van der Waals surface area contributed by atoms with Gasteiger partial charge in [0.2, 0.25) is 0 Å². The summed E-state index contributed by atoms with van der Waals surface area (Å²) in [6.45, 7) is 0. The average molecular weight is 487 g/mol. The number of aromatic nitrogens is 4. The standard InChI is InChI=1S/C34H22N4/c1-3-12-23(13-4-1)25-16-7-9-18-28(25)38-29-19-10-8-17-26(29)32-34(38)33-27(22-36-32)31-30(20-11-21-35-31)37(33)24-14-5-2-6-15-24/h1-22H. The molecule has 0 radical (unpaired) electrons. The Morgan fingerprint density at radius 2 is 1.18 bits per heavy atom. The van der Waals surface area contributed by atoms with E-state index in [2.05, 4.69) is 124 Å². The highest BCUT2D eigenvalue weighted by atomic mass is 15.1. The number of rotatable bonds is 3. The molecular weight excluding hydrogens is 464 g/mol. The average Bonchev–Trinajstić information content (AvgIpc) is 3.51. The molecule has 38 heavy (non-hydrogen) atoms. The summed E-state index contributed by atoms with van der Waals surface area (Å²) in [6, 6.07) is 42.5. The van der Waals surface area contributed by atoms with Crippen molar-refractivity contribution in [2.24, 2.45) is 0 Å². The zero-order chi connectivity index (χ0) is 25.1. The lowest BCUT2D eigenvalue weighted by molar-refractivity contribution is 1.14. The number of nitrogens with zero attached hydrogens (tertiary/aromatic N) is 4. The molecule has 8 rings (SSSR count). The second-order valence-electron chi connectivity index (χ2n) is 9.50. The van der Waals surface area contributed by atoms with Crippen LogP contribution in [0.25, 0.3) is 66.4 Å². The summed E-state index contributed by atoms with van der Waals surface area (Å²) in [5.74, 6) is 0. The third-order valence-electron chi connectivity index (χ3n) is 7.40. The topological polar surface area (TPSA) is 35.6 Å². The first kappa shape index (κ1) is 20.9. The third kappa shape index (κ3) is 2.91. The van der Waals surface area contributed by atoms with E-state index in [4.69, 9.17) is 9.97 Å². The Morgan fingerprint density at radius 3 is 2.05 bits per heavy atom. The molecule has 4 aromatic carbocycles. The third-order valence-corrected chi connectivity index (χ3v) is 7.40. The van der Waals surface area contributed by atoms with E-state index in [1.807, 2.05) is 18.5 Å². The minimum absolute atomic E-state index is 0.953. The van der Waals surface area contributed by atoms with Gasteiger partial charge in [0.15, 0.2) is 0 Å². The summed E-state index contributed by atoms with van der Waals surface area (Å²) < 4.78 is 4.73. The van der Waals surface area contributed by atoms with E-state index < -0.39 is 0 Å². The van der Waals surface area contributed by atoms with Crippen molar-refractivity contribution in [1.82, 2.24) is 19.1 Å². The minimum Gasteiger partial charge on any atom is -0.305 e. The molecule has 0 aliphatic heterocycles. The van der Waals surface area contributed by atoms with Crippen LogP contribution in [0.2, 0.25) is 0 Å². The van der Waals surface area contributed by atoms with Crippen molar-refractivity contribution >= 4 is 43.9 Å². The summed E-state index contributed by atoms with van der Waals surface area (Å²) in [5, 5.41) is 2.17. The van der Waals surface area contributed by atoms with Gasteiger partial charge in [0.1, 0.15) is 0 Å². The molecule has 0 saturated heterocycles. The van der Waals surface area contributed by atoms with Crippen molar-refractivity contribution in [3.05, 3.63) is 134 Å². The molecule has 0 aliphatic rings. The van der Waals surface area contributed by atoms with E-state index in [-0.39, 0.29) is 0 Å². The van der Waals surface area contributed by atoms with E-state index in [9.17, 15) is 0 Å². The highest BCUT2D eigenvalue weighted by molar-refractivity contribution is 6.21. The second kappa shape index (κ2) is 8.15. The summed E-state index contributed by atoms with van der Waals surface area (Å²) >= 11 is 0. The second-order valence-corrected chi connectivity index (χ2v) is 9.50. The van der Waals surface area contributed by atoms with Crippen molar-refractivity contribution in [3.8, 4) is 22.5 Å². The number of hydrogen-bond acceptors (Lipinski definition) is 2. The maximum absolute atomic E-state index is 5.07. The zero-order valence-corrected chi connectivity index (χ0v) is 20.5. The predicted octanol–water partition coefficient (Wildman–Crippen LogP) is 8.34. The van der Waals surface area contributed by atoms with Crippen molar-refractivity contribution in [2.45, 2.75) is 0 Å². The van der Waals surface area contributed by atoms with Crippen molar-refractivity contribution in [2.75, 3.05) is 0 Å². The van der Waals surface area contributed by atoms with Gasteiger partial charge in [-0.05, 0) is 42.0 Å². The SMILES string of the molecule is c1ccc(-c2ccccc2-n2c3ccccc3c3ncc4c5ncccc5n(-c5ccccc5)c4c32)cc1. The molecule has 4 heteroatoms. The first-order chi connectivity index (χ1) is 18.9. The van der Waals surface area contributed by atoms with Gasteiger partial charge < -0.3 is 9.13 Å². The number of hydrogen-bond donors (Lipinski definition) is 0. The van der Waals surface area contributed by atoms with Gasteiger partial charge >= 0.3 is 0 Å². The van der Waals surface area contributed by atoms with Gasteiger partial charge in [-0.1, -0.05) is 84.9 Å². The van der Waals surface area contributed by atoms with Crippen LogP contribution in [-0.4, -0.2) is 19.1 Å². The lowest BCUT2D eigenvalue weighted by Crippen LogP contribution is -2.00. The molecule has 4 nitrogen and oxygen atoms in total. The number of fused-ring (bicyclic) bond motifs is 7. The lowest BCUT2D eigenvalue weighted by atomic mass is 10.0. The smallest absolute Gasteiger partial charge is 0.0985 e. The van der Waals surface area contributed by atoms with Gasteiger partial charge in [0.05, 0.1) is 38.8 Å². The molecule has 0 bridgehead atoms. The molecule has 4 heterocycles. The molecule has 0 fully saturated rings. The maximum Gasteiger partial charge on any atom is 0.0985 e. The molecule has 8 aromatic rings. The van der Waals surface area contributed by atoms with Crippen molar-refractivity contribution in [1.29, 1.82) is 0 Å². The molecule has 0 N–H and O–H groups in total. The first-order valence-corrected chi connectivity index (χ1v) is 12.8. The molecule has 4 aromatic heterocycles. The summed E-state index contributed by atoms with van der Waals surface area (Å²) in [5.41, 5.74) is 10.9. The van der Waals surface area contributed by atoms with Crippen LogP contribution in [0.5, 0.6) is 0 Å². The Hall–Kier alpha value is -5.22. The molecule has 0 saturated carbocycles. The van der Waals surface area contributed by atoms with Crippen LogP contribution in [0, 0.1) is 0 Å². The summed E-state index contributed by atoms with van der Waals surface area (Å²) in [4.78, 5) is 9.88. The van der Waals surface area contributed by atoms with E-state index in [1.54, 1.807) is 0 Å². The van der Waals surface area contributed by atoms with E-state index in [0.717, 1.165) is 55.2 Å². The van der Waals surface area contributed by atoms with Gasteiger partial charge in [0.25, 0.3) is 0 Å². The molecule has 0 amide bonds. The van der Waals surface area contributed by atoms with Crippen LogP contribution in [0.3, 0.4) is 0 Å². The highest BCUT2D eigenvalue weighted by Crippen LogP contribution is 2.41. The largest absolute Gasteiger partial charge is 0.305 e. The fraction of sp³-hybridized carbons (Fsp3) is 0. The summed E-state index contributed by atoms with van der Waals surface area (Å²) in [7, 11) is 0. The van der Waals surface area contributed by atoms with E-state index >= 15 is 0 Å². The Balaban J connectivity index is 1.63. The normalized spacial score (nSPS) is 11.7. The van der Waals surface area contributed by atoms with Crippen LogP contribution in [0.15, 0.2) is 134 Å². The van der Waals surface area contributed by atoms with Crippen LogP contribution in [0.1, 0.15) is 0 Å². The Bertz CT molecular complexity index is 2120. The Morgan fingerprint density at radius 1 is 0.474 bits per heavy atom. The van der Waals surface area contributed by atoms with Crippen molar-refractivity contribution in [3.63, 3.8) is 0 Å². The van der Waals surface area contributed by atoms with Gasteiger partial charge in [-0.15, -0.1) is 0 Å². The van der Waals surface area contributed by atoms with E-state index in [0.29, 0.717) is 0 Å².